The maximum Gasteiger partial charge on any atom is 0.340 e. The van der Waals surface area contributed by atoms with Gasteiger partial charge >= 0.3 is 5.97 Å². The van der Waals surface area contributed by atoms with Crippen LogP contribution in [0.1, 0.15) is 10.4 Å². The number of methoxy groups -OCH3 is 1. The molecule has 0 aliphatic heterocycles. The largest absolute Gasteiger partial charge is 0.465 e. The van der Waals surface area contributed by atoms with Crippen LogP contribution in [-0.2, 0) is 4.74 Å². The first-order valence-corrected chi connectivity index (χ1v) is 8.00. The molecule has 0 fully saturated rings. The van der Waals surface area contributed by atoms with Crippen molar-refractivity contribution in [3.63, 3.8) is 0 Å². The Morgan fingerprint density at radius 2 is 1.46 bits per heavy atom. The average Bonchev–Trinajstić information content (AvgIpc) is 3.18. The topological polar surface area (TPSA) is 57.9 Å². The van der Waals surface area contributed by atoms with Gasteiger partial charge in [-0.25, -0.2) is 13.6 Å². The van der Waals surface area contributed by atoms with E-state index in [2.05, 4.69) is 9.97 Å². The van der Waals surface area contributed by atoms with Crippen molar-refractivity contribution in [2.45, 2.75) is 0 Å². The summed E-state index contributed by atoms with van der Waals surface area (Å²) in [5.41, 5.74) is 3.01. The van der Waals surface area contributed by atoms with E-state index in [1.54, 1.807) is 18.2 Å². The Bertz CT molecular complexity index is 1360. The lowest BCUT2D eigenvalue weighted by molar-refractivity contribution is 0.0603. The van der Waals surface area contributed by atoms with Crippen molar-refractivity contribution in [2.24, 2.45) is 0 Å². The molecule has 2 N–H and O–H groups in total. The van der Waals surface area contributed by atoms with Crippen LogP contribution in [0.25, 0.3) is 43.6 Å². The van der Waals surface area contributed by atoms with Gasteiger partial charge in [0.1, 0.15) is 11.6 Å². The highest BCUT2D eigenvalue weighted by molar-refractivity contribution is 6.28. The van der Waals surface area contributed by atoms with Gasteiger partial charge in [0, 0.05) is 32.6 Å². The lowest BCUT2D eigenvalue weighted by Crippen LogP contribution is -2.02. The summed E-state index contributed by atoms with van der Waals surface area (Å²) in [6.45, 7) is 0. The number of nitrogens with one attached hydrogen (secondary N) is 2. The van der Waals surface area contributed by atoms with E-state index in [-0.39, 0.29) is 11.6 Å². The van der Waals surface area contributed by atoms with Gasteiger partial charge in [-0.05, 0) is 42.5 Å². The summed E-state index contributed by atoms with van der Waals surface area (Å²) < 4.78 is 32.5. The number of aromatic amines is 2. The van der Waals surface area contributed by atoms with Crippen LogP contribution in [0, 0.1) is 11.6 Å². The van der Waals surface area contributed by atoms with E-state index >= 15 is 0 Å². The number of benzene rings is 3. The van der Waals surface area contributed by atoms with Crippen LogP contribution in [0.3, 0.4) is 0 Å². The summed E-state index contributed by atoms with van der Waals surface area (Å²) in [6, 6.07) is 10.5. The second-order valence-corrected chi connectivity index (χ2v) is 6.22. The number of H-pyrrole nitrogens is 2. The van der Waals surface area contributed by atoms with E-state index in [0.717, 1.165) is 5.52 Å². The highest BCUT2D eigenvalue weighted by atomic mass is 19.1. The van der Waals surface area contributed by atoms with Crippen molar-refractivity contribution >= 4 is 49.6 Å². The maximum absolute atomic E-state index is 13.9. The van der Waals surface area contributed by atoms with Crippen LogP contribution in [0.4, 0.5) is 8.78 Å². The molecule has 0 atom stereocenters. The van der Waals surface area contributed by atoms with Gasteiger partial charge in [-0.1, -0.05) is 0 Å². The number of hydrogen-bond acceptors (Lipinski definition) is 2. The molecule has 26 heavy (non-hydrogen) atoms. The first-order chi connectivity index (χ1) is 12.6. The fourth-order valence-electron chi connectivity index (χ4n) is 3.65. The molecule has 3 aromatic carbocycles. The zero-order chi connectivity index (χ0) is 18.0. The molecule has 0 aliphatic rings. The number of aromatic nitrogens is 2. The zero-order valence-electron chi connectivity index (χ0n) is 13.6. The van der Waals surface area contributed by atoms with Crippen LogP contribution in [0.15, 0.2) is 42.5 Å². The molecule has 0 spiro atoms. The Kier molecular flexibility index (Phi) is 2.89. The van der Waals surface area contributed by atoms with Gasteiger partial charge in [-0.15, -0.1) is 0 Å². The summed E-state index contributed by atoms with van der Waals surface area (Å²) in [5, 5.41) is 2.65. The Labute approximate surface area is 145 Å². The normalized spacial score (nSPS) is 11.8. The van der Waals surface area contributed by atoms with Crippen LogP contribution in [0.2, 0.25) is 0 Å². The first-order valence-electron chi connectivity index (χ1n) is 8.00. The van der Waals surface area contributed by atoms with E-state index in [1.165, 1.54) is 31.4 Å². The number of carbonyl (C=O) groups is 1. The zero-order valence-corrected chi connectivity index (χ0v) is 13.6. The van der Waals surface area contributed by atoms with Crippen LogP contribution in [0.5, 0.6) is 0 Å². The number of halogens is 2. The van der Waals surface area contributed by atoms with Gasteiger partial charge in [0.2, 0.25) is 0 Å². The van der Waals surface area contributed by atoms with E-state index < -0.39 is 5.97 Å². The van der Waals surface area contributed by atoms with E-state index in [1.807, 2.05) is 0 Å². The Balaban J connectivity index is 2.09. The molecule has 0 saturated carbocycles. The number of rotatable bonds is 1. The smallest absolute Gasteiger partial charge is 0.340 e. The molecule has 0 saturated heterocycles. The van der Waals surface area contributed by atoms with Crippen molar-refractivity contribution < 1.29 is 18.3 Å². The molecule has 2 aromatic heterocycles. The minimum absolute atomic E-state index is 0.316. The van der Waals surface area contributed by atoms with Gasteiger partial charge in [-0.2, -0.15) is 0 Å². The van der Waals surface area contributed by atoms with E-state index in [0.29, 0.717) is 43.7 Å². The molecular formula is C20H12F2N2O2. The SMILES string of the molecule is COC(=O)c1cc2c3cc(F)ccc3[nH]c2c2c1[nH]c1ccc(F)cc12. The quantitative estimate of drug-likeness (QED) is 0.417. The molecule has 6 heteroatoms. The molecule has 4 nitrogen and oxygen atoms in total. The monoisotopic (exact) mass is 350 g/mol. The summed E-state index contributed by atoms with van der Waals surface area (Å²) in [6.07, 6.45) is 0. The molecule has 0 amide bonds. The fraction of sp³-hybridized carbons (Fsp3) is 0.0500. The molecule has 5 rings (SSSR count). The van der Waals surface area contributed by atoms with Crippen molar-refractivity contribution in [1.82, 2.24) is 9.97 Å². The molecule has 0 aliphatic carbocycles. The van der Waals surface area contributed by atoms with Crippen molar-refractivity contribution in [2.75, 3.05) is 7.11 Å². The molecule has 2 heterocycles. The average molecular weight is 350 g/mol. The Morgan fingerprint density at radius 1 is 0.846 bits per heavy atom. The Hall–Kier alpha value is -3.41. The van der Waals surface area contributed by atoms with E-state index in [4.69, 9.17) is 4.74 Å². The summed E-state index contributed by atoms with van der Waals surface area (Å²) in [7, 11) is 1.30. The first kappa shape index (κ1) is 14.9. The van der Waals surface area contributed by atoms with Gasteiger partial charge in [0.25, 0.3) is 0 Å². The summed E-state index contributed by atoms with van der Waals surface area (Å²) >= 11 is 0. The molecule has 0 radical (unpaired) electrons. The van der Waals surface area contributed by atoms with Gasteiger partial charge < -0.3 is 14.7 Å². The fourth-order valence-corrected chi connectivity index (χ4v) is 3.65. The molecule has 128 valence electrons. The predicted octanol–water partition coefficient (Wildman–Crippen LogP) is 5.02. The third-order valence-electron chi connectivity index (χ3n) is 4.77. The minimum atomic E-state index is -0.519. The standard InChI is InChI=1S/C20H12F2N2O2/c1-26-20(25)14-8-12-11-6-9(21)2-4-15(11)23-18(12)17-13-7-10(22)3-5-16(13)24-19(14)17/h2-8,23-24H,1H3. The Morgan fingerprint density at radius 3 is 2.15 bits per heavy atom. The molecule has 5 aromatic rings. The van der Waals surface area contributed by atoms with E-state index in [9.17, 15) is 13.6 Å². The third-order valence-corrected chi connectivity index (χ3v) is 4.77. The van der Waals surface area contributed by atoms with Crippen molar-refractivity contribution in [3.05, 3.63) is 59.7 Å². The number of ether oxygens (including phenoxy) is 1. The lowest BCUT2D eigenvalue weighted by atomic mass is 10.0. The van der Waals surface area contributed by atoms with Crippen LogP contribution >= 0.6 is 0 Å². The summed E-state index contributed by atoms with van der Waals surface area (Å²) in [5.74, 6) is -1.27. The van der Waals surface area contributed by atoms with Crippen molar-refractivity contribution in [3.8, 4) is 0 Å². The van der Waals surface area contributed by atoms with Gasteiger partial charge in [0.05, 0.1) is 23.7 Å². The van der Waals surface area contributed by atoms with Crippen molar-refractivity contribution in [1.29, 1.82) is 0 Å². The lowest BCUT2D eigenvalue weighted by Gasteiger charge is -2.03. The van der Waals surface area contributed by atoms with Crippen LogP contribution in [-0.4, -0.2) is 23.0 Å². The number of esters is 1. The van der Waals surface area contributed by atoms with Gasteiger partial charge in [-0.3, -0.25) is 0 Å². The second kappa shape index (κ2) is 5.05. The highest BCUT2D eigenvalue weighted by Crippen LogP contribution is 2.38. The number of fused-ring (bicyclic) bond motifs is 7. The minimum Gasteiger partial charge on any atom is -0.465 e. The molecule has 0 unspecified atom stereocenters. The predicted molar refractivity (Wildman–Crippen MR) is 96.4 cm³/mol. The van der Waals surface area contributed by atoms with Crippen LogP contribution < -0.4 is 0 Å². The summed E-state index contributed by atoms with van der Waals surface area (Å²) in [4.78, 5) is 18.8. The third kappa shape index (κ3) is 1.89. The molecular weight excluding hydrogens is 338 g/mol. The highest BCUT2D eigenvalue weighted by Gasteiger charge is 2.20. The molecule has 0 bridgehead atoms. The maximum atomic E-state index is 13.9. The van der Waals surface area contributed by atoms with Gasteiger partial charge in [0.15, 0.2) is 0 Å². The number of hydrogen-bond donors (Lipinski definition) is 2. The number of carbonyl (C=O) groups excluding carboxylic acids is 1. The second-order valence-electron chi connectivity index (χ2n) is 6.22.